The Morgan fingerprint density at radius 1 is 0.970 bits per heavy atom. The molecular weight excluding hydrogens is 456 g/mol. The zero-order valence-corrected chi connectivity index (χ0v) is 20.4. The van der Waals surface area contributed by atoms with Crippen LogP contribution in [0.1, 0.15) is 18.9 Å². The van der Waals surface area contributed by atoms with E-state index in [4.69, 9.17) is 4.74 Å². The van der Waals surface area contributed by atoms with Gasteiger partial charge in [-0.15, -0.1) is 11.8 Å². The van der Waals surface area contributed by atoms with Crippen molar-refractivity contribution < 1.29 is 17.9 Å². The minimum Gasteiger partial charge on any atom is -0.494 e. The van der Waals surface area contributed by atoms with Crippen molar-refractivity contribution in [3.05, 3.63) is 84.4 Å². The van der Waals surface area contributed by atoms with Crippen LogP contribution in [-0.2, 0) is 20.6 Å². The van der Waals surface area contributed by atoms with Gasteiger partial charge in [0, 0.05) is 16.3 Å². The monoisotopic (exact) mass is 484 g/mol. The van der Waals surface area contributed by atoms with Crippen LogP contribution in [0.4, 0.5) is 11.4 Å². The van der Waals surface area contributed by atoms with Gasteiger partial charge in [-0.25, -0.2) is 8.42 Å². The summed E-state index contributed by atoms with van der Waals surface area (Å²) in [6.07, 6.45) is 1.96. The number of rotatable bonds is 11. The fraction of sp³-hybridized carbons (Fsp3) is 0.240. The number of amides is 1. The molecule has 1 amide bonds. The van der Waals surface area contributed by atoms with Crippen LogP contribution in [0.2, 0.25) is 0 Å². The summed E-state index contributed by atoms with van der Waals surface area (Å²) < 4.78 is 31.3. The Labute approximate surface area is 200 Å². The highest BCUT2D eigenvalue weighted by atomic mass is 32.2. The number of hydrogen-bond acceptors (Lipinski definition) is 5. The zero-order chi connectivity index (χ0) is 23.7. The van der Waals surface area contributed by atoms with Gasteiger partial charge in [0.25, 0.3) is 0 Å². The van der Waals surface area contributed by atoms with E-state index in [1.165, 1.54) is 4.90 Å². The highest BCUT2D eigenvalue weighted by molar-refractivity contribution is 7.98. The Morgan fingerprint density at radius 2 is 1.64 bits per heavy atom. The molecule has 1 N–H and O–H groups in total. The molecule has 174 valence electrons. The lowest BCUT2D eigenvalue weighted by Crippen LogP contribution is -2.37. The Bertz CT molecular complexity index is 1130. The summed E-state index contributed by atoms with van der Waals surface area (Å²) in [7, 11) is -3.65. The van der Waals surface area contributed by atoms with Crippen LogP contribution in [0, 0.1) is 0 Å². The third-order valence-electron chi connectivity index (χ3n) is 4.67. The van der Waals surface area contributed by atoms with Gasteiger partial charge < -0.3 is 10.1 Å². The molecule has 0 radical (unpaired) electrons. The van der Waals surface area contributed by atoms with E-state index in [0.29, 0.717) is 23.7 Å². The molecule has 6 nitrogen and oxygen atoms in total. The standard InChI is InChI=1S/C25H28N2O4S2/c1-3-17-31-23-15-13-22(14-16-23)27(33(2,29)30)18-25(28)26-21-11-9-20(10-12-21)19-32-24-7-5-4-6-8-24/h4-16H,3,17-19H2,1-2H3,(H,26,28). The van der Waals surface area contributed by atoms with Gasteiger partial charge in [0.2, 0.25) is 15.9 Å². The van der Waals surface area contributed by atoms with Gasteiger partial charge in [-0.1, -0.05) is 37.3 Å². The molecule has 0 aliphatic rings. The summed E-state index contributed by atoms with van der Waals surface area (Å²) in [5, 5.41) is 2.78. The van der Waals surface area contributed by atoms with Crippen LogP contribution in [0.15, 0.2) is 83.8 Å². The van der Waals surface area contributed by atoms with Crippen molar-refractivity contribution in [1.29, 1.82) is 0 Å². The largest absolute Gasteiger partial charge is 0.494 e. The Morgan fingerprint density at radius 3 is 2.24 bits per heavy atom. The number of nitrogens with one attached hydrogen (secondary N) is 1. The molecule has 3 rings (SSSR count). The fourth-order valence-electron chi connectivity index (χ4n) is 3.03. The summed E-state index contributed by atoms with van der Waals surface area (Å²) in [5.74, 6) is 1.06. The summed E-state index contributed by atoms with van der Waals surface area (Å²) in [6, 6.07) is 24.4. The van der Waals surface area contributed by atoms with Gasteiger partial charge in [-0.3, -0.25) is 9.10 Å². The molecule has 0 atom stereocenters. The number of anilines is 2. The molecule has 3 aromatic rings. The Balaban J connectivity index is 1.59. The van der Waals surface area contributed by atoms with E-state index < -0.39 is 15.9 Å². The molecule has 0 bridgehead atoms. The molecular formula is C25H28N2O4S2. The number of ether oxygens (including phenoxy) is 1. The van der Waals surface area contributed by atoms with E-state index in [1.54, 1.807) is 36.0 Å². The van der Waals surface area contributed by atoms with Crippen molar-refractivity contribution in [2.75, 3.05) is 29.0 Å². The van der Waals surface area contributed by atoms with Crippen LogP contribution < -0.4 is 14.4 Å². The van der Waals surface area contributed by atoms with Gasteiger partial charge in [0.1, 0.15) is 12.3 Å². The molecule has 0 heterocycles. The Kier molecular flexibility index (Phi) is 8.79. The second-order valence-corrected chi connectivity index (χ2v) is 10.4. The molecule has 0 unspecified atom stereocenters. The number of hydrogen-bond donors (Lipinski definition) is 1. The minimum atomic E-state index is -3.65. The number of carbonyl (C=O) groups excluding carboxylic acids is 1. The van der Waals surface area contributed by atoms with Gasteiger partial charge in [0.05, 0.1) is 18.6 Å². The minimum absolute atomic E-state index is 0.320. The summed E-state index contributed by atoms with van der Waals surface area (Å²) in [4.78, 5) is 13.8. The summed E-state index contributed by atoms with van der Waals surface area (Å²) in [6.45, 7) is 2.27. The molecule has 0 aliphatic heterocycles. The lowest BCUT2D eigenvalue weighted by atomic mass is 10.2. The van der Waals surface area contributed by atoms with Crippen LogP contribution >= 0.6 is 11.8 Å². The molecule has 0 fully saturated rings. The first-order valence-electron chi connectivity index (χ1n) is 10.6. The average molecular weight is 485 g/mol. The molecule has 3 aromatic carbocycles. The van der Waals surface area contributed by atoms with Crippen molar-refractivity contribution in [3.8, 4) is 5.75 Å². The van der Waals surface area contributed by atoms with E-state index in [9.17, 15) is 13.2 Å². The van der Waals surface area contributed by atoms with Crippen molar-refractivity contribution >= 4 is 39.1 Å². The second-order valence-electron chi connectivity index (χ2n) is 7.46. The molecule has 0 saturated heterocycles. The number of sulfonamides is 1. The normalized spacial score (nSPS) is 11.1. The molecule has 0 saturated carbocycles. The van der Waals surface area contributed by atoms with Gasteiger partial charge in [0.15, 0.2) is 0 Å². The number of benzene rings is 3. The Hall–Kier alpha value is -2.97. The summed E-state index contributed by atoms with van der Waals surface area (Å²) in [5.41, 5.74) is 2.15. The second kappa shape index (κ2) is 11.8. The number of carbonyl (C=O) groups is 1. The van der Waals surface area contributed by atoms with E-state index in [1.807, 2.05) is 49.4 Å². The molecule has 33 heavy (non-hydrogen) atoms. The SMILES string of the molecule is CCCOc1ccc(N(CC(=O)Nc2ccc(CSc3ccccc3)cc2)S(C)(=O)=O)cc1. The summed E-state index contributed by atoms with van der Waals surface area (Å²) >= 11 is 1.74. The molecule has 0 spiro atoms. The van der Waals surface area contributed by atoms with Crippen LogP contribution in [-0.4, -0.2) is 33.7 Å². The van der Waals surface area contributed by atoms with Crippen molar-refractivity contribution in [1.82, 2.24) is 0 Å². The maximum absolute atomic E-state index is 12.6. The third-order valence-corrected chi connectivity index (χ3v) is 6.90. The van der Waals surface area contributed by atoms with Crippen molar-refractivity contribution in [2.45, 2.75) is 24.0 Å². The van der Waals surface area contributed by atoms with Crippen molar-refractivity contribution in [2.24, 2.45) is 0 Å². The zero-order valence-electron chi connectivity index (χ0n) is 18.7. The highest BCUT2D eigenvalue weighted by Crippen LogP contribution is 2.24. The molecule has 0 aliphatic carbocycles. The van der Waals surface area contributed by atoms with E-state index >= 15 is 0 Å². The first kappa shape index (κ1) is 24.7. The van der Waals surface area contributed by atoms with Gasteiger partial charge >= 0.3 is 0 Å². The lowest BCUT2D eigenvalue weighted by molar-refractivity contribution is -0.114. The van der Waals surface area contributed by atoms with E-state index in [-0.39, 0.29) is 6.54 Å². The smallest absolute Gasteiger partial charge is 0.245 e. The van der Waals surface area contributed by atoms with Crippen LogP contribution in [0.25, 0.3) is 0 Å². The first-order valence-corrected chi connectivity index (χ1v) is 13.5. The first-order chi connectivity index (χ1) is 15.8. The molecule has 8 heteroatoms. The fourth-order valence-corrected chi connectivity index (χ4v) is 4.76. The maximum Gasteiger partial charge on any atom is 0.245 e. The number of thioether (sulfide) groups is 1. The van der Waals surface area contributed by atoms with Crippen molar-refractivity contribution in [3.63, 3.8) is 0 Å². The number of nitrogens with zero attached hydrogens (tertiary/aromatic N) is 1. The molecule has 0 aromatic heterocycles. The quantitative estimate of drug-likeness (QED) is 0.380. The lowest BCUT2D eigenvalue weighted by Gasteiger charge is -2.22. The van der Waals surface area contributed by atoms with Gasteiger partial charge in [-0.05, 0) is 60.5 Å². The van der Waals surface area contributed by atoms with E-state index in [0.717, 1.165) is 28.3 Å². The predicted octanol–water partition coefficient (Wildman–Crippen LogP) is 5.17. The maximum atomic E-state index is 12.6. The highest BCUT2D eigenvalue weighted by Gasteiger charge is 2.21. The third kappa shape index (κ3) is 7.83. The predicted molar refractivity (Wildman–Crippen MR) is 135 cm³/mol. The topological polar surface area (TPSA) is 75.7 Å². The van der Waals surface area contributed by atoms with Gasteiger partial charge in [-0.2, -0.15) is 0 Å². The average Bonchev–Trinajstić information content (AvgIpc) is 2.81. The van der Waals surface area contributed by atoms with Crippen LogP contribution in [0.5, 0.6) is 5.75 Å². The van der Waals surface area contributed by atoms with E-state index in [2.05, 4.69) is 17.4 Å². The van der Waals surface area contributed by atoms with Crippen LogP contribution in [0.3, 0.4) is 0 Å².